The number of carboxylic acids is 1. The molecule has 18 heavy (non-hydrogen) atoms. The molecule has 0 bridgehead atoms. The smallest absolute Gasteiger partial charge is 0.305 e. The molecule has 0 aliphatic heterocycles. The van der Waals surface area contributed by atoms with Gasteiger partial charge in [-0.3, -0.25) is 9.69 Å². The van der Waals surface area contributed by atoms with Crippen molar-refractivity contribution in [2.75, 3.05) is 13.1 Å². The lowest BCUT2D eigenvalue weighted by atomic mass is 9.84. The lowest BCUT2D eigenvalue weighted by Gasteiger charge is -2.42. The molecule has 2 atom stereocenters. The first-order valence-corrected chi connectivity index (χ1v) is 7.54. The predicted molar refractivity (Wildman–Crippen MR) is 74.8 cm³/mol. The summed E-state index contributed by atoms with van der Waals surface area (Å²) in [5.41, 5.74) is -0.0841. The third kappa shape index (κ3) is 3.71. The molecular formula is C15H29NO2. The minimum Gasteiger partial charge on any atom is -0.481 e. The van der Waals surface area contributed by atoms with Gasteiger partial charge in [0.15, 0.2) is 0 Å². The first-order valence-electron chi connectivity index (χ1n) is 7.54. The van der Waals surface area contributed by atoms with Crippen LogP contribution in [0.3, 0.4) is 0 Å². The Morgan fingerprint density at radius 2 is 1.89 bits per heavy atom. The Balaban J connectivity index is 2.85. The SMILES string of the molecule is CCC1CCCC(CC(=O)O)(N(CC)CC)CC1. The summed E-state index contributed by atoms with van der Waals surface area (Å²) in [7, 11) is 0. The van der Waals surface area contributed by atoms with Gasteiger partial charge in [0.2, 0.25) is 0 Å². The topological polar surface area (TPSA) is 40.5 Å². The van der Waals surface area contributed by atoms with Crippen LogP contribution in [0.1, 0.15) is 65.7 Å². The highest BCUT2D eigenvalue weighted by molar-refractivity contribution is 5.68. The number of hydrogen-bond acceptors (Lipinski definition) is 2. The van der Waals surface area contributed by atoms with E-state index < -0.39 is 5.97 Å². The van der Waals surface area contributed by atoms with E-state index in [1.807, 2.05) is 0 Å². The van der Waals surface area contributed by atoms with Crippen LogP contribution in [-0.2, 0) is 4.79 Å². The molecule has 0 aromatic heterocycles. The fraction of sp³-hybridized carbons (Fsp3) is 0.933. The fourth-order valence-corrected chi connectivity index (χ4v) is 3.65. The summed E-state index contributed by atoms with van der Waals surface area (Å²) >= 11 is 0. The Morgan fingerprint density at radius 3 is 2.39 bits per heavy atom. The van der Waals surface area contributed by atoms with E-state index in [0.29, 0.717) is 6.42 Å². The van der Waals surface area contributed by atoms with Crippen LogP contribution >= 0.6 is 0 Å². The van der Waals surface area contributed by atoms with Crippen LogP contribution in [0, 0.1) is 5.92 Å². The average molecular weight is 255 g/mol. The zero-order chi connectivity index (χ0) is 13.6. The lowest BCUT2D eigenvalue weighted by Crippen LogP contribution is -2.49. The highest BCUT2D eigenvalue weighted by atomic mass is 16.4. The van der Waals surface area contributed by atoms with E-state index in [-0.39, 0.29) is 5.54 Å². The molecule has 1 rings (SSSR count). The van der Waals surface area contributed by atoms with Gasteiger partial charge < -0.3 is 5.11 Å². The van der Waals surface area contributed by atoms with Gasteiger partial charge in [-0.1, -0.05) is 40.0 Å². The van der Waals surface area contributed by atoms with E-state index in [1.54, 1.807) is 0 Å². The van der Waals surface area contributed by atoms with Crippen LogP contribution < -0.4 is 0 Å². The Kier molecular flexibility index (Phi) is 6.13. The normalized spacial score (nSPS) is 29.2. The third-order valence-corrected chi connectivity index (χ3v) is 4.76. The van der Waals surface area contributed by atoms with Crippen molar-refractivity contribution >= 4 is 5.97 Å². The molecule has 0 aromatic rings. The molecule has 106 valence electrons. The van der Waals surface area contributed by atoms with Crippen molar-refractivity contribution in [2.45, 2.75) is 71.3 Å². The lowest BCUT2D eigenvalue weighted by molar-refractivity contribution is -0.140. The number of rotatable bonds is 6. The first kappa shape index (κ1) is 15.5. The quantitative estimate of drug-likeness (QED) is 0.738. The molecular weight excluding hydrogens is 226 g/mol. The van der Waals surface area contributed by atoms with E-state index >= 15 is 0 Å². The first-order chi connectivity index (χ1) is 8.57. The summed E-state index contributed by atoms with van der Waals surface area (Å²) in [4.78, 5) is 13.6. The Morgan fingerprint density at radius 1 is 1.22 bits per heavy atom. The van der Waals surface area contributed by atoms with Gasteiger partial charge >= 0.3 is 5.97 Å². The molecule has 0 heterocycles. The van der Waals surface area contributed by atoms with Gasteiger partial charge in [0.1, 0.15) is 0 Å². The largest absolute Gasteiger partial charge is 0.481 e. The minimum absolute atomic E-state index is 0.0841. The van der Waals surface area contributed by atoms with Gasteiger partial charge in [-0.2, -0.15) is 0 Å². The van der Waals surface area contributed by atoms with Gasteiger partial charge in [-0.05, 0) is 38.3 Å². The van der Waals surface area contributed by atoms with E-state index in [2.05, 4.69) is 25.7 Å². The second kappa shape index (κ2) is 7.13. The maximum atomic E-state index is 11.2. The molecule has 0 saturated heterocycles. The van der Waals surface area contributed by atoms with Crippen LogP contribution in [-0.4, -0.2) is 34.6 Å². The molecule has 0 radical (unpaired) electrons. The van der Waals surface area contributed by atoms with E-state index in [9.17, 15) is 9.90 Å². The molecule has 3 nitrogen and oxygen atoms in total. The molecule has 2 unspecified atom stereocenters. The van der Waals surface area contributed by atoms with Gasteiger partial charge in [-0.25, -0.2) is 0 Å². The second-order valence-corrected chi connectivity index (χ2v) is 5.67. The number of nitrogens with zero attached hydrogens (tertiary/aromatic N) is 1. The van der Waals surface area contributed by atoms with Crippen molar-refractivity contribution in [1.82, 2.24) is 4.90 Å². The zero-order valence-corrected chi connectivity index (χ0v) is 12.2. The molecule has 0 spiro atoms. The van der Waals surface area contributed by atoms with Gasteiger partial charge in [0.05, 0.1) is 6.42 Å². The van der Waals surface area contributed by atoms with Crippen molar-refractivity contribution < 1.29 is 9.90 Å². The van der Waals surface area contributed by atoms with Gasteiger partial charge in [-0.15, -0.1) is 0 Å². The molecule has 0 aromatic carbocycles. The number of carbonyl (C=O) groups is 1. The van der Waals surface area contributed by atoms with Gasteiger partial charge in [0, 0.05) is 5.54 Å². The highest BCUT2D eigenvalue weighted by Gasteiger charge is 2.38. The van der Waals surface area contributed by atoms with Gasteiger partial charge in [0.25, 0.3) is 0 Å². The van der Waals surface area contributed by atoms with Crippen molar-refractivity contribution in [3.8, 4) is 0 Å². The van der Waals surface area contributed by atoms with E-state index in [1.165, 1.54) is 25.7 Å². The van der Waals surface area contributed by atoms with Crippen LogP contribution in [0.2, 0.25) is 0 Å². The number of aliphatic carboxylic acids is 1. The Hall–Kier alpha value is -0.570. The van der Waals surface area contributed by atoms with E-state index in [0.717, 1.165) is 31.8 Å². The fourth-order valence-electron chi connectivity index (χ4n) is 3.65. The summed E-state index contributed by atoms with van der Waals surface area (Å²) in [6, 6.07) is 0. The number of hydrogen-bond donors (Lipinski definition) is 1. The Labute approximate surface area is 112 Å². The van der Waals surface area contributed by atoms with Crippen LogP contribution in [0.25, 0.3) is 0 Å². The molecule has 1 aliphatic rings. The summed E-state index contributed by atoms with van der Waals surface area (Å²) in [5, 5.41) is 9.26. The predicted octanol–water partition coefficient (Wildman–Crippen LogP) is 3.53. The summed E-state index contributed by atoms with van der Waals surface area (Å²) in [6.07, 6.45) is 7.31. The summed E-state index contributed by atoms with van der Waals surface area (Å²) in [6.45, 7) is 8.47. The van der Waals surface area contributed by atoms with Crippen LogP contribution in [0.15, 0.2) is 0 Å². The standard InChI is InChI=1S/C15H29NO2/c1-4-13-8-7-10-15(11-9-13,12-14(17)18)16(5-2)6-3/h13H,4-12H2,1-3H3,(H,17,18). The zero-order valence-electron chi connectivity index (χ0n) is 12.2. The summed E-state index contributed by atoms with van der Waals surface area (Å²) in [5.74, 6) is 0.160. The van der Waals surface area contributed by atoms with Crippen molar-refractivity contribution in [2.24, 2.45) is 5.92 Å². The maximum Gasteiger partial charge on any atom is 0.305 e. The monoisotopic (exact) mass is 255 g/mol. The average Bonchev–Trinajstić information content (AvgIpc) is 2.53. The Bertz CT molecular complexity index is 263. The molecule has 1 aliphatic carbocycles. The molecule has 1 fully saturated rings. The maximum absolute atomic E-state index is 11.2. The minimum atomic E-state index is -0.642. The van der Waals surface area contributed by atoms with Crippen molar-refractivity contribution in [3.63, 3.8) is 0 Å². The van der Waals surface area contributed by atoms with Crippen molar-refractivity contribution in [3.05, 3.63) is 0 Å². The molecule has 1 saturated carbocycles. The van der Waals surface area contributed by atoms with E-state index in [4.69, 9.17) is 0 Å². The third-order valence-electron chi connectivity index (χ3n) is 4.76. The molecule has 1 N–H and O–H groups in total. The van der Waals surface area contributed by atoms with Crippen LogP contribution in [0.5, 0.6) is 0 Å². The molecule has 3 heteroatoms. The number of carboxylic acid groups (broad SMARTS) is 1. The summed E-state index contributed by atoms with van der Waals surface area (Å²) < 4.78 is 0. The highest BCUT2D eigenvalue weighted by Crippen LogP contribution is 2.38. The van der Waals surface area contributed by atoms with Crippen LogP contribution in [0.4, 0.5) is 0 Å². The molecule has 0 amide bonds. The van der Waals surface area contributed by atoms with Crippen molar-refractivity contribution in [1.29, 1.82) is 0 Å². The second-order valence-electron chi connectivity index (χ2n) is 5.67.